The maximum atomic E-state index is 12.7. The largest absolute Gasteiger partial charge is 0.465 e. The van der Waals surface area contributed by atoms with Crippen molar-refractivity contribution >= 4 is 43.3 Å². The molecule has 1 unspecified atom stereocenters. The fourth-order valence-corrected chi connectivity index (χ4v) is 6.28. The van der Waals surface area contributed by atoms with Gasteiger partial charge in [0.2, 0.25) is 10.0 Å². The van der Waals surface area contributed by atoms with Crippen LogP contribution in [0.5, 0.6) is 0 Å². The molecule has 2 rings (SSSR count). The van der Waals surface area contributed by atoms with Gasteiger partial charge in [-0.05, 0) is 41.8 Å². The minimum absolute atomic E-state index is 0.0330. The summed E-state index contributed by atoms with van der Waals surface area (Å²) >= 11 is 4.20. The number of piperidine rings is 1. The van der Waals surface area contributed by atoms with Crippen molar-refractivity contribution in [3.05, 3.63) is 14.7 Å². The summed E-state index contributed by atoms with van der Waals surface area (Å²) in [6, 6.07) is 1.30. The van der Waals surface area contributed by atoms with Gasteiger partial charge in [-0.2, -0.15) is 4.31 Å². The molecule has 1 atom stereocenters. The lowest BCUT2D eigenvalue weighted by molar-refractivity contribution is 0.00938. The van der Waals surface area contributed by atoms with Gasteiger partial charge in [0.1, 0.15) is 9.77 Å². The molecule has 6 nitrogen and oxygen atoms in total. The number of thiophene rings is 1. The maximum Gasteiger partial charge on any atom is 0.348 e. The molecule has 0 bridgehead atoms. The number of halogens is 1. The summed E-state index contributed by atoms with van der Waals surface area (Å²) < 4.78 is 31.5. The average molecular weight is 398 g/mol. The number of carbonyl (C=O) groups excluding carboxylic acids is 1. The molecule has 1 aliphatic rings. The number of rotatable bonds is 3. The van der Waals surface area contributed by atoms with Crippen LogP contribution in [0.2, 0.25) is 0 Å². The Morgan fingerprint density at radius 2 is 2.24 bits per heavy atom. The van der Waals surface area contributed by atoms with Crippen molar-refractivity contribution in [1.82, 2.24) is 4.31 Å². The van der Waals surface area contributed by atoms with E-state index in [4.69, 9.17) is 0 Å². The molecule has 1 fully saturated rings. The van der Waals surface area contributed by atoms with Crippen molar-refractivity contribution in [2.75, 3.05) is 20.2 Å². The minimum atomic E-state index is -3.76. The Morgan fingerprint density at radius 1 is 1.57 bits per heavy atom. The lowest BCUT2D eigenvalue weighted by atomic mass is 9.97. The Balaban J connectivity index is 2.36. The number of methoxy groups -OCH3 is 1. The maximum absolute atomic E-state index is 12.7. The zero-order chi connectivity index (χ0) is 15.8. The molecule has 0 amide bonds. The molecule has 0 radical (unpaired) electrons. The molecule has 21 heavy (non-hydrogen) atoms. The summed E-state index contributed by atoms with van der Waals surface area (Å²) in [5, 5.41) is 10.1. The number of sulfonamides is 1. The highest BCUT2D eigenvalue weighted by molar-refractivity contribution is 9.11. The molecule has 1 aromatic heterocycles. The third-order valence-electron chi connectivity index (χ3n) is 3.30. The fraction of sp³-hybridized carbons (Fsp3) is 0.583. The van der Waals surface area contributed by atoms with Crippen LogP contribution < -0.4 is 0 Å². The van der Waals surface area contributed by atoms with Gasteiger partial charge in [-0.25, -0.2) is 13.2 Å². The summed E-state index contributed by atoms with van der Waals surface area (Å²) in [6.07, 6.45) is 1.16. The first kappa shape index (κ1) is 16.9. The Kier molecular flexibility index (Phi) is 4.79. The van der Waals surface area contributed by atoms with E-state index >= 15 is 0 Å². The second-order valence-electron chi connectivity index (χ2n) is 5.18. The predicted octanol–water partition coefficient (Wildman–Crippen LogP) is 1.83. The SMILES string of the molecule is COC(=O)c1cc(S(=O)(=O)N2CCCC(C)(O)C2)c(Br)s1. The molecule has 9 heteroatoms. The summed E-state index contributed by atoms with van der Waals surface area (Å²) in [5.74, 6) is -0.576. The first-order valence-electron chi connectivity index (χ1n) is 6.27. The molecule has 1 aromatic rings. The van der Waals surface area contributed by atoms with E-state index in [1.807, 2.05) is 0 Å². The molecule has 118 valence electrons. The minimum Gasteiger partial charge on any atom is -0.465 e. The third kappa shape index (κ3) is 3.48. The van der Waals surface area contributed by atoms with Gasteiger partial charge in [-0.15, -0.1) is 11.3 Å². The predicted molar refractivity (Wildman–Crippen MR) is 82.0 cm³/mol. The van der Waals surface area contributed by atoms with E-state index in [1.165, 1.54) is 17.5 Å². The van der Waals surface area contributed by atoms with Crippen molar-refractivity contribution in [3.8, 4) is 0 Å². The number of aliphatic hydroxyl groups is 1. The highest BCUT2D eigenvalue weighted by Crippen LogP contribution is 2.35. The highest BCUT2D eigenvalue weighted by Gasteiger charge is 2.37. The van der Waals surface area contributed by atoms with E-state index in [0.29, 0.717) is 23.2 Å². The highest BCUT2D eigenvalue weighted by atomic mass is 79.9. The van der Waals surface area contributed by atoms with Gasteiger partial charge >= 0.3 is 5.97 Å². The monoisotopic (exact) mass is 397 g/mol. The topological polar surface area (TPSA) is 83.9 Å². The quantitative estimate of drug-likeness (QED) is 0.786. The van der Waals surface area contributed by atoms with Gasteiger partial charge in [0.25, 0.3) is 0 Å². The summed E-state index contributed by atoms with van der Waals surface area (Å²) in [7, 11) is -2.51. The van der Waals surface area contributed by atoms with E-state index in [2.05, 4.69) is 20.7 Å². The van der Waals surface area contributed by atoms with E-state index in [0.717, 1.165) is 11.3 Å². The van der Waals surface area contributed by atoms with Crippen LogP contribution in [0.15, 0.2) is 14.7 Å². The molecule has 0 aromatic carbocycles. The lowest BCUT2D eigenvalue weighted by Gasteiger charge is -2.35. The molecule has 0 spiro atoms. The molecule has 0 aliphatic carbocycles. The zero-order valence-corrected chi connectivity index (χ0v) is 14.8. The van der Waals surface area contributed by atoms with Gasteiger partial charge in [-0.3, -0.25) is 0 Å². The van der Waals surface area contributed by atoms with Crippen molar-refractivity contribution < 1.29 is 23.1 Å². The van der Waals surface area contributed by atoms with E-state index in [9.17, 15) is 18.3 Å². The number of hydrogen-bond donors (Lipinski definition) is 1. The van der Waals surface area contributed by atoms with Gasteiger partial charge < -0.3 is 9.84 Å². The fourth-order valence-electron chi connectivity index (χ4n) is 2.25. The van der Waals surface area contributed by atoms with Crippen LogP contribution in [0.1, 0.15) is 29.4 Å². The second kappa shape index (κ2) is 5.96. The summed E-state index contributed by atoms with van der Waals surface area (Å²) in [4.78, 5) is 11.8. The number of nitrogens with zero attached hydrogens (tertiary/aromatic N) is 1. The Morgan fingerprint density at radius 3 is 2.81 bits per heavy atom. The standard InChI is InChI=1S/C12H16BrNO5S2/c1-12(16)4-3-5-14(7-12)21(17,18)9-6-8(11(15)19-2)20-10(9)13/h6,16H,3-5,7H2,1-2H3. The van der Waals surface area contributed by atoms with Crippen LogP contribution in [-0.4, -0.2) is 49.6 Å². The number of β-amino-alcohol motifs (C(OH)–C–C–N with tert-alkyl or cyclic N) is 1. The van der Waals surface area contributed by atoms with Crippen LogP contribution in [0.3, 0.4) is 0 Å². The van der Waals surface area contributed by atoms with Gasteiger partial charge in [0, 0.05) is 13.1 Å². The van der Waals surface area contributed by atoms with E-state index in [1.54, 1.807) is 6.92 Å². The molecule has 1 aliphatic heterocycles. The van der Waals surface area contributed by atoms with Crippen LogP contribution in [0.4, 0.5) is 0 Å². The smallest absolute Gasteiger partial charge is 0.348 e. The first-order valence-corrected chi connectivity index (χ1v) is 9.32. The van der Waals surface area contributed by atoms with Gasteiger partial charge in [0.15, 0.2) is 0 Å². The van der Waals surface area contributed by atoms with Crippen LogP contribution in [0, 0.1) is 0 Å². The number of ether oxygens (including phenoxy) is 1. The average Bonchev–Trinajstić information content (AvgIpc) is 2.79. The van der Waals surface area contributed by atoms with Crippen molar-refractivity contribution in [1.29, 1.82) is 0 Å². The number of carbonyl (C=O) groups is 1. The molecule has 0 saturated carbocycles. The Labute approximate surface area is 135 Å². The van der Waals surface area contributed by atoms with Crippen LogP contribution >= 0.6 is 27.3 Å². The molecular weight excluding hydrogens is 382 g/mol. The summed E-state index contributed by atoms with van der Waals surface area (Å²) in [5.41, 5.74) is -1.03. The van der Waals surface area contributed by atoms with Crippen molar-refractivity contribution in [2.24, 2.45) is 0 Å². The van der Waals surface area contributed by atoms with Crippen molar-refractivity contribution in [2.45, 2.75) is 30.3 Å². The Hall–Kier alpha value is -0.480. The van der Waals surface area contributed by atoms with E-state index < -0.39 is 21.6 Å². The zero-order valence-electron chi connectivity index (χ0n) is 11.6. The second-order valence-corrected chi connectivity index (χ2v) is 9.46. The normalized spacial score (nSPS) is 24.0. The van der Waals surface area contributed by atoms with E-state index in [-0.39, 0.29) is 16.3 Å². The third-order valence-corrected chi connectivity index (χ3v) is 7.38. The number of esters is 1. The number of hydrogen-bond acceptors (Lipinski definition) is 6. The Bertz CT molecular complexity index is 653. The van der Waals surface area contributed by atoms with Gasteiger partial charge in [-0.1, -0.05) is 0 Å². The molecule has 1 saturated heterocycles. The van der Waals surface area contributed by atoms with Crippen LogP contribution in [-0.2, 0) is 14.8 Å². The van der Waals surface area contributed by atoms with Gasteiger partial charge in [0.05, 0.1) is 16.5 Å². The molecule has 1 N–H and O–H groups in total. The van der Waals surface area contributed by atoms with Crippen LogP contribution in [0.25, 0.3) is 0 Å². The van der Waals surface area contributed by atoms with Crippen molar-refractivity contribution in [3.63, 3.8) is 0 Å². The lowest BCUT2D eigenvalue weighted by Crippen LogP contribution is -2.48. The molecular formula is C12H16BrNO5S2. The molecule has 2 heterocycles. The first-order chi connectivity index (χ1) is 9.67. The summed E-state index contributed by atoms with van der Waals surface area (Å²) in [6.45, 7) is 2.02.